The van der Waals surface area contributed by atoms with Gasteiger partial charge in [0.05, 0.1) is 18.3 Å². The van der Waals surface area contributed by atoms with Crippen LogP contribution in [-0.2, 0) is 17.3 Å². The molecule has 2 aromatic carbocycles. The molecule has 2 aliphatic rings. The topological polar surface area (TPSA) is 18.5 Å². The molecule has 0 N–H and O–H groups in total. The van der Waals surface area contributed by atoms with E-state index in [4.69, 9.17) is 9.47 Å². The second kappa shape index (κ2) is 12.3. The third kappa shape index (κ3) is 6.64. The average Bonchev–Trinajstić information content (AvgIpc) is 2.90. The molecule has 4 rings (SSSR count). The zero-order valence-corrected chi connectivity index (χ0v) is 21.4. The van der Waals surface area contributed by atoms with Gasteiger partial charge in [0.2, 0.25) is 5.82 Å². The predicted octanol–water partition coefficient (Wildman–Crippen LogP) is 8.84. The molecule has 0 amide bonds. The molecular formula is C29H33F7O2. The van der Waals surface area contributed by atoms with Crippen LogP contribution in [0.5, 0.6) is 5.75 Å². The Labute approximate surface area is 218 Å². The van der Waals surface area contributed by atoms with Crippen molar-refractivity contribution in [3.05, 3.63) is 64.5 Å². The molecule has 210 valence electrons. The van der Waals surface area contributed by atoms with Crippen LogP contribution in [-0.4, -0.2) is 12.7 Å². The van der Waals surface area contributed by atoms with E-state index in [0.717, 1.165) is 32.1 Å². The Bertz CT molecular complexity index is 1070. The first-order chi connectivity index (χ1) is 18.1. The number of alkyl halides is 2. The molecule has 0 spiro atoms. The SMILES string of the molecule is CCCc1ccc(OCC2CCC(C3CCC(OC(F)(F)c4cc(F)c(F)c(F)c4)CC3)CC2)c(F)c1F. The van der Waals surface area contributed by atoms with Crippen LogP contribution in [0.25, 0.3) is 0 Å². The van der Waals surface area contributed by atoms with Crippen LogP contribution in [0.3, 0.4) is 0 Å². The smallest absolute Gasteiger partial charge is 0.383 e. The minimum Gasteiger partial charge on any atom is -0.490 e. The van der Waals surface area contributed by atoms with E-state index in [2.05, 4.69) is 0 Å². The fourth-order valence-electron chi connectivity index (χ4n) is 5.86. The molecule has 38 heavy (non-hydrogen) atoms. The zero-order chi connectivity index (χ0) is 27.4. The molecular weight excluding hydrogens is 513 g/mol. The Morgan fingerprint density at radius 2 is 1.34 bits per heavy atom. The highest BCUT2D eigenvalue weighted by Crippen LogP contribution is 2.43. The van der Waals surface area contributed by atoms with E-state index in [0.29, 0.717) is 56.1 Å². The minimum atomic E-state index is -3.93. The van der Waals surface area contributed by atoms with Crippen LogP contribution >= 0.6 is 0 Å². The maximum Gasteiger partial charge on any atom is 0.383 e. The average molecular weight is 547 g/mol. The van der Waals surface area contributed by atoms with Gasteiger partial charge < -0.3 is 9.47 Å². The summed E-state index contributed by atoms with van der Waals surface area (Å²) in [5.74, 6) is -5.98. The third-order valence-electron chi connectivity index (χ3n) is 8.03. The van der Waals surface area contributed by atoms with Gasteiger partial charge in [-0.1, -0.05) is 19.4 Å². The molecule has 0 atom stereocenters. The Kier molecular flexibility index (Phi) is 9.27. The molecule has 2 saturated carbocycles. The summed E-state index contributed by atoms with van der Waals surface area (Å²) in [5.41, 5.74) is -0.698. The quantitative estimate of drug-likeness (QED) is 0.231. The Balaban J connectivity index is 1.21. The lowest BCUT2D eigenvalue weighted by atomic mass is 9.70. The maximum atomic E-state index is 14.5. The van der Waals surface area contributed by atoms with Gasteiger partial charge in [0.15, 0.2) is 29.0 Å². The highest BCUT2D eigenvalue weighted by atomic mass is 19.3. The Morgan fingerprint density at radius 3 is 1.92 bits per heavy atom. The first kappa shape index (κ1) is 28.7. The van der Waals surface area contributed by atoms with Crippen molar-refractivity contribution in [3.8, 4) is 5.75 Å². The van der Waals surface area contributed by atoms with Gasteiger partial charge in [-0.25, -0.2) is 17.6 Å². The van der Waals surface area contributed by atoms with Gasteiger partial charge in [-0.15, -0.1) is 0 Å². The first-order valence-corrected chi connectivity index (χ1v) is 13.4. The molecule has 2 aromatic rings. The molecule has 0 aliphatic heterocycles. The molecule has 0 heterocycles. The van der Waals surface area contributed by atoms with E-state index >= 15 is 0 Å². The Hall–Kier alpha value is -2.29. The summed E-state index contributed by atoms with van der Waals surface area (Å²) < 4.78 is 108. The highest BCUT2D eigenvalue weighted by Gasteiger charge is 2.40. The van der Waals surface area contributed by atoms with Crippen molar-refractivity contribution >= 4 is 0 Å². The minimum absolute atomic E-state index is 0.0642. The molecule has 0 radical (unpaired) electrons. The third-order valence-corrected chi connectivity index (χ3v) is 8.03. The second-order valence-electron chi connectivity index (χ2n) is 10.6. The van der Waals surface area contributed by atoms with Crippen molar-refractivity contribution in [2.75, 3.05) is 6.61 Å². The zero-order valence-electron chi connectivity index (χ0n) is 21.4. The molecule has 2 aliphatic carbocycles. The van der Waals surface area contributed by atoms with Crippen molar-refractivity contribution in [1.29, 1.82) is 0 Å². The number of benzene rings is 2. The summed E-state index contributed by atoms with van der Waals surface area (Å²) in [6.07, 6.45) is 2.37. The summed E-state index contributed by atoms with van der Waals surface area (Å²) in [6, 6.07) is 3.58. The Morgan fingerprint density at radius 1 is 0.763 bits per heavy atom. The number of hydrogen-bond acceptors (Lipinski definition) is 2. The predicted molar refractivity (Wildman–Crippen MR) is 128 cm³/mol. The lowest BCUT2D eigenvalue weighted by Gasteiger charge is -2.38. The van der Waals surface area contributed by atoms with Crippen LogP contribution in [0.1, 0.15) is 75.8 Å². The first-order valence-electron chi connectivity index (χ1n) is 13.4. The van der Waals surface area contributed by atoms with E-state index in [1.165, 1.54) is 6.07 Å². The van der Waals surface area contributed by atoms with Crippen LogP contribution in [0.15, 0.2) is 24.3 Å². The lowest BCUT2D eigenvalue weighted by Crippen LogP contribution is -2.33. The standard InChI is InChI=1S/C29H33F7O2/c1-2-3-20-10-13-25(28(34)26(20)32)37-16-17-4-6-18(7-5-17)19-8-11-22(12-9-19)38-29(35,36)21-14-23(30)27(33)24(31)15-21/h10,13-15,17-19,22H,2-9,11-12,16H2,1H3. The second-order valence-corrected chi connectivity index (χ2v) is 10.6. The van der Waals surface area contributed by atoms with E-state index in [9.17, 15) is 30.7 Å². The number of hydrogen-bond donors (Lipinski definition) is 0. The molecule has 2 nitrogen and oxygen atoms in total. The van der Waals surface area contributed by atoms with Crippen LogP contribution in [0.4, 0.5) is 30.7 Å². The largest absolute Gasteiger partial charge is 0.490 e. The molecule has 0 saturated heterocycles. The van der Waals surface area contributed by atoms with E-state index < -0.39 is 46.9 Å². The van der Waals surface area contributed by atoms with Gasteiger partial charge in [-0.05, 0) is 99.3 Å². The monoisotopic (exact) mass is 546 g/mol. The number of ether oxygens (including phenoxy) is 2. The van der Waals surface area contributed by atoms with Crippen LogP contribution in [0.2, 0.25) is 0 Å². The van der Waals surface area contributed by atoms with Crippen molar-refractivity contribution in [1.82, 2.24) is 0 Å². The number of halogens is 7. The molecule has 0 unspecified atom stereocenters. The molecule has 2 fully saturated rings. The summed E-state index contributed by atoms with van der Waals surface area (Å²) in [4.78, 5) is 0. The summed E-state index contributed by atoms with van der Waals surface area (Å²) in [6.45, 7) is 2.22. The molecule has 0 bridgehead atoms. The van der Waals surface area contributed by atoms with Crippen molar-refractivity contribution in [3.63, 3.8) is 0 Å². The van der Waals surface area contributed by atoms with Crippen molar-refractivity contribution < 1.29 is 40.2 Å². The van der Waals surface area contributed by atoms with Gasteiger partial charge in [0, 0.05) is 0 Å². The van der Waals surface area contributed by atoms with Crippen molar-refractivity contribution in [2.24, 2.45) is 17.8 Å². The lowest BCUT2D eigenvalue weighted by molar-refractivity contribution is -0.278. The van der Waals surface area contributed by atoms with Crippen LogP contribution in [0, 0.1) is 46.8 Å². The van der Waals surface area contributed by atoms with Gasteiger partial charge in [-0.2, -0.15) is 13.2 Å². The fourth-order valence-corrected chi connectivity index (χ4v) is 5.86. The molecule has 0 aromatic heterocycles. The number of aryl methyl sites for hydroxylation is 1. The van der Waals surface area contributed by atoms with Gasteiger partial charge in [-0.3, -0.25) is 0 Å². The molecule has 9 heteroatoms. The summed E-state index contributed by atoms with van der Waals surface area (Å²) >= 11 is 0. The van der Waals surface area contributed by atoms with E-state index in [1.54, 1.807) is 6.07 Å². The van der Waals surface area contributed by atoms with E-state index in [1.807, 2.05) is 6.92 Å². The van der Waals surface area contributed by atoms with Gasteiger partial charge in [0.1, 0.15) is 0 Å². The van der Waals surface area contributed by atoms with Gasteiger partial charge in [0.25, 0.3) is 0 Å². The van der Waals surface area contributed by atoms with E-state index in [-0.39, 0.29) is 23.8 Å². The maximum absolute atomic E-state index is 14.5. The number of rotatable bonds is 9. The normalized spacial score (nSPS) is 24.4. The summed E-state index contributed by atoms with van der Waals surface area (Å²) in [7, 11) is 0. The van der Waals surface area contributed by atoms with Crippen LogP contribution < -0.4 is 4.74 Å². The highest BCUT2D eigenvalue weighted by molar-refractivity contribution is 5.31. The summed E-state index contributed by atoms with van der Waals surface area (Å²) in [5, 5.41) is 0. The van der Waals surface area contributed by atoms with Crippen molar-refractivity contribution in [2.45, 2.75) is 83.3 Å². The fraction of sp³-hybridized carbons (Fsp3) is 0.586. The van der Waals surface area contributed by atoms with Gasteiger partial charge >= 0.3 is 6.11 Å².